The maximum atomic E-state index is 14.2. The van der Waals surface area contributed by atoms with E-state index in [1.54, 1.807) is 109 Å². The van der Waals surface area contributed by atoms with Crippen LogP contribution in [0.4, 0.5) is 0 Å². The first-order valence-corrected chi connectivity index (χ1v) is 20.0. The van der Waals surface area contributed by atoms with Crippen molar-refractivity contribution in [1.82, 2.24) is 10.6 Å². The minimum absolute atomic E-state index is 0.410. The highest BCUT2D eigenvalue weighted by molar-refractivity contribution is 7.91. The molecule has 1 fully saturated rings. The Morgan fingerprint density at radius 3 is 1.04 bits per heavy atom. The van der Waals surface area contributed by atoms with Crippen LogP contribution < -0.4 is 10.6 Å². The van der Waals surface area contributed by atoms with Gasteiger partial charge in [0.25, 0.3) is 0 Å². The first-order valence-electron chi connectivity index (χ1n) is 16.1. The van der Waals surface area contributed by atoms with Gasteiger partial charge in [0, 0.05) is 24.3 Å². The molecule has 1 aliphatic carbocycles. The molecule has 8 nitrogen and oxygen atoms in total. The number of amides is 2. The van der Waals surface area contributed by atoms with Crippen LogP contribution >= 0.6 is 0 Å². The fraction of sp³-hybridized carbons (Fsp3) is 0.316. The molecular formula is C38H42N2O6S2. The zero-order valence-electron chi connectivity index (χ0n) is 27.1. The minimum Gasteiger partial charge on any atom is -0.347 e. The van der Waals surface area contributed by atoms with Crippen LogP contribution in [0, 0.1) is 11.8 Å². The van der Waals surface area contributed by atoms with Gasteiger partial charge in [-0.05, 0) is 35.1 Å². The lowest BCUT2D eigenvalue weighted by molar-refractivity contribution is -0.137. The van der Waals surface area contributed by atoms with Crippen LogP contribution in [0.15, 0.2) is 121 Å². The van der Waals surface area contributed by atoms with Gasteiger partial charge >= 0.3 is 0 Å². The Kier molecular flexibility index (Phi) is 11.2. The summed E-state index contributed by atoms with van der Waals surface area (Å²) in [5.41, 5.74) is 2.35. The van der Waals surface area contributed by atoms with Crippen molar-refractivity contribution in [2.45, 2.75) is 48.3 Å². The Labute approximate surface area is 283 Å². The van der Waals surface area contributed by atoms with Gasteiger partial charge in [-0.25, -0.2) is 16.8 Å². The predicted octanol–water partition coefficient (Wildman–Crippen LogP) is 6.08. The molecule has 0 heterocycles. The highest BCUT2D eigenvalue weighted by Crippen LogP contribution is 2.39. The lowest BCUT2D eigenvalue weighted by Crippen LogP contribution is -2.47. The molecule has 4 aromatic carbocycles. The number of hydrogen-bond donors (Lipinski definition) is 2. The predicted molar refractivity (Wildman–Crippen MR) is 188 cm³/mol. The van der Waals surface area contributed by atoms with E-state index in [1.807, 2.05) is 12.1 Å². The van der Waals surface area contributed by atoms with E-state index in [2.05, 4.69) is 10.6 Å². The van der Waals surface area contributed by atoms with Gasteiger partial charge in [-0.3, -0.25) is 9.59 Å². The van der Waals surface area contributed by atoms with Crippen molar-refractivity contribution in [3.05, 3.63) is 144 Å². The lowest BCUT2D eigenvalue weighted by atomic mass is 9.77. The number of sulfone groups is 2. The number of rotatable bonds is 12. The Balaban J connectivity index is 1.48. The van der Waals surface area contributed by atoms with E-state index < -0.39 is 65.9 Å². The maximum Gasteiger partial charge on any atom is 0.224 e. The summed E-state index contributed by atoms with van der Waals surface area (Å²) in [4.78, 5) is 28.5. The number of carbonyl (C=O) groups is 2. The quantitative estimate of drug-likeness (QED) is 0.186. The minimum atomic E-state index is -3.72. The van der Waals surface area contributed by atoms with E-state index in [-0.39, 0.29) is 0 Å². The molecule has 0 saturated heterocycles. The summed E-state index contributed by atoms with van der Waals surface area (Å²) in [6, 6.07) is 33.8. The molecule has 0 spiro atoms. The van der Waals surface area contributed by atoms with Crippen LogP contribution in [0.2, 0.25) is 0 Å². The van der Waals surface area contributed by atoms with Gasteiger partial charge in [-0.1, -0.05) is 134 Å². The lowest BCUT2D eigenvalue weighted by Gasteiger charge is -2.35. The van der Waals surface area contributed by atoms with Crippen LogP contribution in [-0.2, 0) is 29.3 Å². The summed E-state index contributed by atoms with van der Waals surface area (Å²) in [5.74, 6) is -2.31. The zero-order valence-corrected chi connectivity index (χ0v) is 28.7. The van der Waals surface area contributed by atoms with E-state index in [9.17, 15) is 26.4 Å². The smallest absolute Gasteiger partial charge is 0.224 e. The molecule has 1 aliphatic rings. The third-order valence-corrected chi connectivity index (χ3v) is 12.1. The van der Waals surface area contributed by atoms with Crippen LogP contribution in [-0.4, -0.2) is 41.2 Å². The molecule has 5 rings (SSSR count). The highest BCUT2D eigenvalue weighted by atomic mass is 32.2. The third kappa shape index (κ3) is 8.41. The normalized spacial score (nSPS) is 19.3. The molecule has 1 saturated carbocycles. The molecule has 4 aromatic rings. The summed E-state index contributed by atoms with van der Waals surface area (Å²) < 4.78 is 53.3. The molecule has 48 heavy (non-hydrogen) atoms. The molecule has 2 amide bonds. The van der Waals surface area contributed by atoms with E-state index in [0.717, 1.165) is 25.4 Å². The maximum absolute atomic E-state index is 14.2. The van der Waals surface area contributed by atoms with Crippen LogP contribution in [0.3, 0.4) is 0 Å². The van der Waals surface area contributed by atoms with Crippen molar-refractivity contribution in [1.29, 1.82) is 0 Å². The van der Waals surface area contributed by atoms with Gasteiger partial charge < -0.3 is 10.6 Å². The molecule has 0 aromatic heterocycles. The molecule has 0 aliphatic heterocycles. The van der Waals surface area contributed by atoms with E-state index >= 15 is 0 Å². The summed E-state index contributed by atoms with van der Waals surface area (Å²) in [5, 5.41) is 3.98. The van der Waals surface area contributed by atoms with E-state index in [4.69, 9.17) is 0 Å². The summed E-state index contributed by atoms with van der Waals surface area (Å²) in [7, 11) is -7.44. The monoisotopic (exact) mass is 686 g/mol. The number of hydrogen-bond acceptors (Lipinski definition) is 6. The number of carbonyl (C=O) groups excluding carboxylic acids is 2. The van der Waals surface area contributed by atoms with Crippen molar-refractivity contribution in [3.63, 3.8) is 0 Å². The van der Waals surface area contributed by atoms with Crippen LogP contribution in [0.25, 0.3) is 0 Å². The number of benzene rings is 4. The average molecular weight is 687 g/mol. The van der Waals surface area contributed by atoms with Gasteiger partial charge in [0.2, 0.25) is 11.8 Å². The van der Waals surface area contributed by atoms with Crippen molar-refractivity contribution < 1.29 is 26.4 Å². The first-order chi connectivity index (χ1) is 22.9. The molecule has 0 unspecified atom stereocenters. The van der Waals surface area contributed by atoms with E-state index in [0.29, 0.717) is 35.1 Å². The summed E-state index contributed by atoms with van der Waals surface area (Å²) >= 11 is 0. The molecule has 6 atom stereocenters. The van der Waals surface area contributed by atoms with Crippen molar-refractivity contribution in [2.24, 2.45) is 11.8 Å². The second-order valence-electron chi connectivity index (χ2n) is 12.6. The summed E-state index contributed by atoms with van der Waals surface area (Å²) in [6.45, 7) is 0. The second kappa shape index (κ2) is 15.3. The summed E-state index contributed by atoms with van der Waals surface area (Å²) in [6.07, 6.45) is 4.65. The van der Waals surface area contributed by atoms with Gasteiger partial charge in [-0.15, -0.1) is 0 Å². The number of nitrogens with one attached hydrogen (secondary N) is 2. The first kappa shape index (κ1) is 35.0. The molecular weight excluding hydrogens is 645 g/mol. The van der Waals surface area contributed by atoms with Crippen molar-refractivity contribution in [2.75, 3.05) is 12.5 Å². The average Bonchev–Trinajstić information content (AvgIpc) is 3.08. The Hall–Kier alpha value is -4.28. The van der Waals surface area contributed by atoms with Crippen LogP contribution in [0.1, 0.15) is 70.5 Å². The SMILES string of the molecule is CS(=O)(=O)[C@H](c1ccccc1)[C@H](NC(=O)[C@H]1CCCC[C@@H]1C(=O)N[C@H](c1ccccc1)[C@@H](c1ccccc1)S(C)(=O)=O)c1ccccc1. The zero-order chi connectivity index (χ0) is 34.3. The van der Waals surface area contributed by atoms with Crippen molar-refractivity contribution >= 4 is 31.5 Å². The highest BCUT2D eigenvalue weighted by Gasteiger charge is 2.42. The van der Waals surface area contributed by atoms with Crippen LogP contribution in [0.5, 0.6) is 0 Å². The Morgan fingerprint density at radius 2 is 0.771 bits per heavy atom. The molecule has 252 valence electrons. The third-order valence-electron chi connectivity index (χ3n) is 9.14. The molecule has 10 heteroatoms. The standard InChI is InChI=1S/C38H42N2O6S2/c1-47(43,44)35(29-21-11-5-12-22-29)33(27-17-7-3-8-18-27)39-37(41)31-25-15-16-26-32(31)38(42)40-34(28-19-9-4-10-20-28)36(48(2,45)46)30-23-13-6-14-24-30/h3-14,17-24,31-36H,15-16,25-26H2,1-2H3,(H,39,41)(H,40,42)/t31-,32-,33+,34+,35+,36+/m0/s1. The molecule has 2 N–H and O–H groups in total. The fourth-order valence-corrected chi connectivity index (χ4v) is 9.67. The van der Waals surface area contributed by atoms with Gasteiger partial charge in [-0.2, -0.15) is 0 Å². The van der Waals surface area contributed by atoms with Gasteiger partial charge in [0.1, 0.15) is 10.5 Å². The second-order valence-corrected chi connectivity index (χ2v) is 16.9. The Morgan fingerprint density at radius 1 is 0.500 bits per heavy atom. The Bertz CT molecular complexity index is 1750. The topological polar surface area (TPSA) is 126 Å². The largest absolute Gasteiger partial charge is 0.347 e. The van der Waals surface area contributed by atoms with E-state index in [1.165, 1.54) is 0 Å². The van der Waals surface area contributed by atoms with Crippen molar-refractivity contribution in [3.8, 4) is 0 Å². The van der Waals surface area contributed by atoms with Gasteiger partial charge in [0.05, 0.1) is 12.1 Å². The molecule has 0 radical (unpaired) electrons. The molecule has 0 bridgehead atoms. The fourth-order valence-electron chi connectivity index (χ4n) is 6.93. The van der Waals surface area contributed by atoms with Gasteiger partial charge in [0.15, 0.2) is 19.7 Å².